The summed E-state index contributed by atoms with van der Waals surface area (Å²) in [6.07, 6.45) is 2.20. The number of nitrogen functional groups attached to an aromatic ring is 1. The Hall–Kier alpha value is -2.84. The summed E-state index contributed by atoms with van der Waals surface area (Å²) in [6.45, 7) is -2.98. The Morgan fingerprint density at radius 1 is 1.30 bits per heavy atom. The molecule has 0 radical (unpaired) electrons. The molecule has 0 aliphatic heterocycles. The van der Waals surface area contributed by atoms with Crippen LogP contribution < -0.4 is 10.5 Å². The molecule has 0 saturated heterocycles. The Kier molecular flexibility index (Phi) is 3.69. The molecule has 0 fully saturated rings. The topological polar surface area (TPSA) is 111 Å². The van der Waals surface area contributed by atoms with Gasteiger partial charge in [-0.3, -0.25) is 0 Å². The first kappa shape index (κ1) is 13.6. The Labute approximate surface area is 111 Å². The first-order chi connectivity index (χ1) is 9.47. The van der Waals surface area contributed by atoms with Crippen molar-refractivity contribution in [1.29, 1.82) is 0 Å². The highest BCUT2D eigenvalue weighted by atomic mass is 19.3. The minimum Gasteiger partial charge on any atom is -0.476 e. The van der Waals surface area contributed by atoms with Crippen LogP contribution in [0.4, 0.5) is 14.6 Å². The van der Waals surface area contributed by atoms with Crippen molar-refractivity contribution in [2.75, 3.05) is 5.73 Å². The number of carboxylic acids is 1. The standard InChI is InChI=1S/C11H8F2N4O3/c12-11(13)20-7-2-1-5(3-15-7)8-9(14)16-4-6(17-8)10(18)19/h1-4,11H,(H2,14,16)(H,18,19). The van der Waals surface area contributed by atoms with Gasteiger partial charge in [0.2, 0.25) is 5.88 Å². The number of hydrogen-bond acceptors (Lipinski definition) is 6. The normalized spacial score (nSPS) is 10.6. The number of ether oxygens (including phenoxy) is 1. The van der Waals surface area contributed by atoms with E-state index >= 15 is 0 Å². The van der Waals surface area contributed by atoms with Crippen LogP contribution >= 0.6 is 0 Å². The second-order valence-electron chi connectivity index (χ2n) is 3.56. The molecule has 2 heterocycles. The number of anilines is 1. The highest BCUT2D eigenvalue weighted by molar-refractivity contribution is 5.86. The Morgan fingerprint density at radius 3 is 2.60 bits per heavy atom. The molecule has 7 nitrogen and oxygen atoms in total. The molecular weight excluding hydrogens is 274 g/mol. The molecule has 3 N–H and O–H groups in total. The van der Waals surface area contributed by atoms with Gasteiger partial charge in [0.25, 0.3) is 0 Å². The second kappa shape index (κ2) is 5.43. The van der Waals surface area contributed by atoms with E-state index < -0.39 is 12.6 Å². The van der Waals surface area contributed by atoms with Gasteiger partial charge in [0.05, 0.1) is 6.20 Å². The van der Waals surface area contributed by atoms with E-state index in [0.29, 0.717) is 5.56 Å². The molecular formula is C11H8F2N4O3. The van der Waals surface area contributed by atoms with Crippen molar-refractivity contribution in [1.82, 2.24) is 15.0 Å². The van der Waals surface area contributed by atoms with E-state index in [2.05, 4.69) is 19.7 Å². The van der Waals surface area contributed by atoms with E-state index in [4.69, 9.17) is 10.8 Å². The van der Waals surface area contributed by atoms with Crippen molar-refractivity contribution in [3.05, 3.63) is 30.2 Å². The highest BCUT2D eigenvalue weighted by Crippen LogP contribution is 2.23. The van der Waals surface area contributed by atoms with E-state index in [9.17, 15) is 13.6 Å². The van der Waals surface area contributed by atoms with Crippen LogP contribution in [-0.4, -0.2) is 32.6 Å². The van der Waals surface area contributed by atoms with Gasteiger partial charge in [-0.25, -0.2) is 19.7 Å². The molecule has 0 bridgehead atoms. The van der Waals surface area contributed by atoms with E-state index in [0.717, 1.165) is 6.20 Å². The van der Waals surface area contributed by atoms with Crippen molar-refractivity contribution in [3.8, 4) is 17.1 Å². The summed E-state index contributed by atoms with van der Waals surface area (Å²) in [5, 5.41) is 8.83. The molecule has 20 heavy (non-hydrogen) atoms. The van der Waals surface area contributed by atoms with Gasteiger partial charge < -0.3 is 15.6 Å². The average Bonchev–Trinajstić information content (AvgIpc) is 2.39. The minimum absolute atomic E-state index is 0.000622. The summed E-state index contributed by atoms with van der Waals surface area (Å²) in [6, 6.07) is 2.56. The molecule has 0 atom stereocenters. The van der Waals surface area contributed by atoms with Gasteiger partial charge in [-0.2, -0.15) is 8.78 Å². The zero-order valence-electron chi connectivity index (χ0n) is 9.83. The van der Waals surface area contributed by atoms with E-state index in [1.165, 1.54) is 18.3 Å². The Morgan fingerprint density at radius 2 is 2.05 bits per heavy atom. The second-order valence-corrected chi connectivity index (χ2v) is 3.56. The first-order valence-corrected chi connectivity index (χ1v) is 5.24. The van der Waals surface area contributed by atoms with Gasteiger partial charge in [-0.1, -0.05) is 0 Å². The molecule has 0 saturated carbocycles. The molecule has 0 aliphatic rings. The monoisotopic (exact) mass is 282 g/mol. The van der Waals surface area contributed by atoms with Crippen LogP contribution in [0.15, 0.2) is 24.5 Å². The molecule has 2 aromatic heterocycles. The number of pyridine rings is 1. The number of aromatic nitrogens is 3. The van der Waals surface area contributed by atoms with Crippen molar-refractivity contribution < 1.29 is 23.4 Å². The third-order valence-corrected chi connectivity index (χ3v) is 2.24. The lowest BCUT2D eigenvalue weighted by molar-refractivity contribution is -0.0528. The summed E-state index contributed by atoms with van der Waals surface area (Å²) < 4.78 is 28.1. The third-order valence-electron chi connectivity index (χ3n) is 2.24. The molecule has 0 unspecified atom stereocenters. The fourth-order valence-electron chi connectivity index (χ4n) is 1.40. The molecule has 104 valence electrons. The number of carbonyl (C=O) groups is 1. The molecule has 0 aromatic carbocycles. The zero-order valence-corrected chi connectivity index (χ0v) is 9.83. The molecule has 2 rings (SSSR count). The first-order valence-electron chi connectivity index (χ1n) is 5.24. The summed E-state index contributed by atoms with van der Waals surface area (Å²) in [5.74, 6) is -1.53. The number of carboxylic acid groups (broad SMARTS) is 1. The number of nitrogens with zero attached hydrogens (tertiary/aromatic N) is 3. The highest BCUT2D eigenvalue weighted by Gasteiger charge is 2.13. The lowest BCUT2D eigenvalue weighted by atomic mass is 10.2. The van der Waals surface area contributed by atoms with Crippen LogP contribution in [0, 0.1) is 0 Å². The quantitative estimate of drug-likeness (QED) is 0.872. The third kappa shape index (κ3) is 2.94. The summed E-state index contributed by atoms with van der Waals surface area (Å²) >= 11 is 0. The van der Waals surface area contributed by atoms with Gasteiger partial charge in [0, 0.05) is 17.8 Å². The number of aromatic carboxylic acids is 1. The number of alkyl halides is 2. The zero-order chi connectivity index (χ0) is 14.7. The maximum Gasteiger partial charge on any atom is 0.388 e. The fourth-order valence-corrected chi connectivity index (χ4v) is 1.40. The Balaban J connectivity index is 2.36. The lowest BCUT2D eigenvalue weighted by Crippen LogP contribution is -2.06. The van der Waals surface area contributed by atoms with Crippen LogP contribution in [0.25, 0.3) is 11.3 Å². The SMILES string of the molecule is Nc1ncc(C(=O)O)nc1-c1ccc(OC(F)F)nc1. The van der Waals surface area contributed by atoms with Crippen molar-refractivity contribution in [2.45, 2.75) is 6.61 Å². The maximum atomic E-state index is 12.0. The van der Waals surface area contributed by atoms with Gasteiger partial charge in [0.1, 0.15) is 11.5 Å². The van der Waals surface area contributed by atoms with Crippen LogP contribution in [0.1, 0.15) is 10.5 Å². The smallest absolute Gasteiger partial charge is 0.388 e. The van der Waals surface area contributed by atoms with Crippen molar-refractivity contribution >= 4 is 11.8 Å². The molecule has 2 aromatic rings. The molecule has 9 heteroatoms. The van der Waals surface area contributed by atoms with Crippen LogP contribution in [-0.2, 0) is 0 Å². The van der Waals surface area contributed by atoms with Gasteiger partial charge in [-0.15, -0.1) is 0 Å². The van der Waals surface area contributed by atoms with Crippen LogP contribution in [0.3, 0.4) is 0 Å². The van der Waals surface area contributed by atoms with Gasteiger partial charge in [0.15, 0.2) is 5.69 Å². The van der Waals surface area contributed by atoms with Crippen LogP contribution in [0.2, 0.25) is 0 Å². The largest absolute Gasteiger partial charge is 0.476 e. The number of hydrogen-bond donors (Lipinski definition) is 2. The molecule has 0 aliphatic carbocycles. The van der Waals surface area contributed by atoms with Crippen molar-refractivity contribution in [3.63, 3.8) is 0 Å². The predicted molar refractivity (Wildman–Crippen MR) is 63.3 cm³/mol. The van der Waals surface area contributed by atoms with E-state index in [-0.39, 0.29) is 23.1 Å². The predicted octanol–water partition coefficient (Wildman–Crippen LogP) is 1.42. The molecule has 0 spiro atoms. The van der Waals surface area contributed by atoms with Crippen LogP contribution in [0.5, 0.6) is 5.88 Å². The molecule has 0 amide bonds. The van der Waals surface area contributed by atoms with E-state index in [1.807, 2.05) is 0 Å². The number of halogens is 2. The van der Waals surface area contributed by atoms with Crippen molar-refractivity contribution in [2.24, 2.45) is 0 Å². The fraction of sp³-hybridized carbons (Fsp3) is 0.0909. The number of rotatable bonds is 4. The lowest BCUT2D eigenvalue weighted by Gasteiger charge is -2.06. The van der Waals surface area contributed by atoms with E-state index in [1.54, 1.807) is 0 Å². The van der Waals surface area contributed by atoms with Gasteiger partial charge in [-0.05, 0) is 6.07 Å². The van der Waals surface area contributed by atoms with Gasteiger partial charge >= 0.3 is 12.6 Å². The summed E-state index contributed by atoms with van der Waals surface area (Å²) in [5.41, 5.74) is 5.74. The summed E-state index contributed by atoms with van der Waals surface area (Å²) in [7, 11) is 0. The maximum absolute atomic E-state index is 12.0. The Bertz CT molecular complexity index is 634. The average molecular weight is 282 g/mol. The number of nitrogens with two attached hydrogens (primary N) is 1. The summed E-state index contributed by atoms with van der Waals surface area (Å²) in [4.78, 5) is 22.0. The minimum atomic E-state index is -2.98.